The summed E-state index contributed by atoms with van der Waals surface area (Å²) in [6.45, 7) is 5.75. The average molecular weight is 276 g/mol. The van der Waals surface area contributed by atoms with E-state index in [-0.39, 0.29) is 18.7 Å². The van der Waals surface area contributed by atoms with E-state index in [0.717, 1.165) is 5.56 Å². The molecule has 1 aromatic rings. The first kappa shape index (κ1) is 14.4. The van der Waals surface area contributed by atoms with Crippen LogP contribution in [0.4, 0.5) is 4.79 Å². The minimum Gasteiger partial charge on any atom is -0.480 e. The summed E-state index contributed by atoms with van der Waals surface area (Å²) in [5.74, 6) is 0.607. The number of rotatable bonds is 3. The third-order valence-corrected chi connectivity index (χ3v) is 3.17. The van der Waals surface area contributed by atoms with Crippen LogP contribution in [0.25, 0.3) is 0 Å². The summed E-state index contributed by atoms with van der Waals surface area (Å²) in [6.07, 6.45) is -0.326. The van der Waals surface area contributed by atoms with Gasteiger partial charge in [-0.15, -0.1) is 0 Å². The third kappa shape index (κ3) is 3.50. The lowest BCUT2D eigenvalue weighted by Crippen LogP contribution is -2.48. The number of aliphatic imine (C=N–C) groups is 1. The maximum absolute atomic E-state index is 12.1. The van der Waals surface area contributed by atoms with Crippen LogP contribution < -0.4 is 0 Å². The van der Waals surface area contributed by atoms with Crippen LogP contribution in [0.5, 0.6) is 0 Å². The summed E-state index contributed by atoms with van der Waals surface area (Å²) in [4.78, 5) is 18.1. The molecule has 1 heterocycles. The first-order valence-electron chi connectivity index (χ1n) is 6.86. The molecule has 0 aliphatic carbocycles. The maximum Gasteiger partial charge on any atom is 0.410 e. The second kappa shape index (κ2) is 6.93. The van der Waals surface area contributed by atoms with Crippen molar-refractivity contribution < 1.29 is 14.3 Å². The summed E-state index contributed by atoms with van der Waals surface area (Å²) in [5.41, 5.74) is 0.976. The van der Waals surface area contributed by atoms with Gasteiger partial charge in [-0.05, 0) is 19.4 Å². The van der Waals surface area contributed by atoms with E-state index in [4.69, 9.17) is 9.47 Å². The highest BCUT2D eigenvalue weighted by Crippen LogP contribution is 2.12. The Kier molecular flexibility index (Phi) is 4.98. The van der Waals surface area contributed by atoms with E-state index in [1.165, 1.54) is 0 Å². The van der Waals surface area contributed by atoms with E-state index in [9.17, 15) is 4.79 Å². The molecule has 1 aliphatic rings. The van der Waals surface area contributed by atoms with Crippen LogP contribution in [-0.2, 0) is 16.1 Å². The zero-order chi connectivity index (χ0) is 14.4. The fourth-order valence-corrected chi connectivity index (χ4v) is 2.09. The zero-order valence-electron chi connectivity index (χ0n) is 11.9. The molecular weight excluding hydrogens is 256 g/mol. The minimum atomic E-state index is -0.326. The van der Waals surface area contributed by atoms with Gasteiger partial charge in [0.25, 0.3) is 0 Å². The summed E-state index contributed by atoms with van der Waals surface area (Å²) in [6, 6.07) is 9.47. The van der Waals surface area contributed by atoms with E-state index >= 15 is 0 Å². The maximum atomic E-state index is 12.1. The summed E-state index contributed by atoms with van der Waals surface area (Å²) in [7, 11) is 0. The largest absolute Gasteiger partial charge is 0.480 e. The van der Waals surface area contributed by atoms with Gasteiger partial charge in [-0.2, -0.15) is 0 Å². The molecule has 0 fully saturated rings. The molecule has 1 atom stereocenters. The van der Waals surface area contributed by atoms with Crippen molar-refractivity contribution in [2.24, 2.45) is 4.99 Å². The van der Waals surface area contributed by atoms with Crippen molar-refractivity contribution in [1.29, 1.82) is 0 Å². The molecule has 20 heavy (non-hydrogen) atoms. The lowest BCUT2D eigenvalue weighted by molar-refractivity contribution is 0.0864. The number of carbonyl (C=O) groups is 1. The number of carbonyl (C=O) groups excluding carboxylic acids is 1. The van der Waals surface area contributed by atoms with Gasteiger partial charge in [0, 0.05) is 6.54 Å². The van der Waals surface area contributed by atoms with Crippen LogP contribution >= 0.6 is 0 Å². The van der Waals surface area contributed by atoms with Crippen molar-refractivity contribution in [2.75, 3.05) is 19.7 Å². The van der Waals surface area contributed by atoms with E-state index < -0.39 is 0 Å². The van der Waals surface area contributed by atoms with Crippen LogP contribution in [0.3, 0.4) is 0 Å². The molecule has 1 aliphatic heterocycles. The molecule has 2 rings (SSSR count). The topological polar surface area (TPSA) is 51.1 Å². The van der Waals surface area contributed by atoms with E-state index in [1.807, 2.05) is 44.2 Å². The second-order valence-electron chi connectivity index (χ2n) is 4.56. The SMILES string of the molecule is CCOC1=NCCN(C(=O)OCc2ccccc2)[C@@H]1C. The van der Waals surface area contributed by atoms with Crippen molar-refractivity contribution in [1.82, 2.24) is 4.90 Å². The molecule has 5 heteroatoms. The number of benzene rings is 1. The number of hydrogen-bond acceptors (Lipinski definition) is 4. The molecule has 0 aromatic heterocycles. The first-order chi connectivity index (χ1) is 9.72. The van der Waals surface area contributed by atoms with Gasteiger partial charge >= 0.3 is 6.09 Å². The summed E-state index contributed by atoms with van der Waals surface area (Å²) in [5, 5.41) is 0. The second-order valence-corrected chi connectivity index (χ2v) is 4.56. The molecule has 0 unspecified atom stereocenters. The zero-order valence-corrected chi connectivity index (χ0v) is 11.9. The molecule has 0 bridgehead atoms. The Morgan fingerprint density at radius 2 is 2.15 bits per heavy atom. The summed E-state index contributed by atoms with van der Waals surface area (Å²) < 4.78 is 10.8. The van der Waals surface area contributed by atoms with Crippen molar-refractivity contribution in [2.45, 2.75) is 26.5 Å². The van der Waals surface area contributed by atoms with E-state index in [0.29, 0.717) is 25.6 Å². The van der Waals surface area contributed by atoms with Gasteiger partial charge in [-0.25, -0.2) is 4.79 Å². The van der Waals surface area contributed by atoms with Crippen molar-refractivity contribution >= 4 is 12.0 Å². The van der Waals surface area contributed by atoms with Crippen LogP contribution in [0.1, 0.15) is 19.4 Å². The molecule has 0 N–H and O–H groups in total. The molecule has 1 amide bonds. The number of nitrogens with zero attached hydrogens (tertiary/aromatic N) is 2. The predicted molar refractivity (Wildman–Crippen MR) is 76.7 cm³/mol. The lowest BCUT2D eigenvalue weighted by Gasteiger charge is -2.31. The van der Waals surface area contributed by atoms with Crippen molar-refractivity contribution in [3.8, 4) is 0 Å². The van der Waals surface area contributed by atoms with Crippen LogP contribution in [0.15, 0.2) is 35.3 Å². The van der Waals surface area contributed by atoms with Crippen molar-refractivity contribution in [3.63, 3.8) is 0 Å². The first-order valence-corrected chi connectivity index (χ1v) is 6.86. The van der Waals surface area contributed by atoms with Gasteiger partial charge in [0.2, 0.25) is 5.90 Å². The number of amides is 1. The average Bonchev–Trinajstić information content (AvgIpc) is 2.48. The predicted octanol–water partition coefficient (Wildman–Crippen LogP) is 2.46. The van der Waals surface area contributed by atoms with Crippen LogP contribution in [0.2, 0.25) is 0 Å². The highest BCUT2D eigenvalue weighted by atomic mass is 16.6. The van der Waals surface area contributed by atoms with Crippen LogP contribution in [0, 0.1) is 0 Å². The molecule has 0 saturated heterocycles. The molecule has 1 aromatic carbocycles. The molecule has 0 spiro atoms. The fraction of sp³-hybridized carbons (Fsp3) is 0.467. The van der Waals surface area contributed by atoms with Crippen molar-refractivity contribution in [3.05, 3.63) is 35.9 Å². The summed E-state index contributed by atoms with van der Waals surface area (Å²) >= 11 is 0. The molecule has 108 valence electrons. The highest BCUT2D eigenvalue weighted by molar-refractivity contribution is 5.86. The molecular formula is C15H20N2O3. The highest BCUT2D eigenvalue weighted by Gasteiger charge is 2.29. The van der Waals surface area contributed by atoms with Gasteiger partial charge in [0.1, 0.15) is 12.6 Å². The molecule has 5 nitrogen and oxygen atoms in total. The minimum absolute atomic E-state index is 0.174. The number of hydrogen-bond donors (Lipinski definition) is 0. The third-order valence-electron chi connectivity index (χ3n) is 3.17. The van der Waals surface area contributed by atoms with Gasteiger partial charge in [0.15, 0.2) is 0 Å². The van der Waals surface area contributed by atoms with E-state index in [2.05, 4.69) is 4.99 Å². The Bertz CT molecular complexity index is 473. The Morgan fingerprint density at radius 3 is 2.85 bits per heavy atom. The monoisotopic (exact) mass is 276 g/mol. The fourth-order valence-electron chi connectivity index (χ4n) is 2.09. The Balaban J connectivity index is 1.91. The van der Waals surface area contributed by atoms with Gasteiger partial charge in [-0.3, -0.25) is 9.89 Å². The standard InChI is InChI=1S/C15H20N2O3/c1-3-19-14-12(2)17(10-9-16-14)15(18)20-11-13-7-5-4-6-8-13/h4-8,12H,3,9-11H2,1-2H3/t12-/m1/s1. The van der Waals surface area contributed by atoms with E-state index in [1.54, 1.807) is 4.90 Å². The van der Waals surface area contributed by atoms with Gasteiger partial charge < -0.3 is 9.47 Å². The molecule has 0 radical (unpaired) electrons. The molecule has 0 saturated carbocycles. The number of ether oxygens (including phenoxy) is 2. The Labute approximate surface area is 119 Å². The smallest absolute Gasteiger partial charge is 0.410 e. The van der Waals surface area contributed by atoms with Gasteiger partial charge in [0.05, 0.1) is 13.2 Å². The normalized spacial score (nSPS) is 18.4. The van der Waals surface area contributed by atoms with Gasteiger partial charge in [-0.1, -0.05) is 30.3 Å². The Morgan fingerprint density at radius 1 is 1.40 bits per heavy atom. The lowest BCUT2D eigenvalue weighted by atomic mass is 10.2. The Hall–Kier alpha value is -2.04. The quantitative estimate of drug-likeness (QED) is 0.852. The van der Waals surface area contributed by atoms with Crippen LogP contribution in [-0.4, -0.2) is 42.6 Å².